The fraction of sp³-hybridized carbons (Fsp3) is 0.889. The van der Waals surface area contributed by atoms with Crippen LogP contribution in [0.2, 0.25) is 0 Å². The number of alkyl carbamates (subject to hydrolysis) is 1. The van der Waals surface area contributed by atoms with Gasteiger partial charge >= 0.3 is 6.09 Å². The van der Waals surface area contributed by atoms with Crippen LogP contribution >= 0.6 is 0 Å². The van der Waals surface area contributed by atoms with Gasteiger partial charge in [-0.25, -0.2) is 4.79 Å². The molecule has 0 aromatic heterocycles. The van der Waals surface area contributed by atoms with Crippen molar-refractivity contribution in [2.45, 2.75) is 19.3 Å². The van der Waals surface area contributed by atoms with Crippen molar-refractivity contribution < 1.29 is 9.53 Å². The van der Waals surface area contributed by atoms with Crippen molar-refractivity contribution in [1.82, 2.24) is 5.32 Å². The number of hydrogen-bond donors (Lipinski definition) is 2. The highest BCUT2D eigenvalue weighted by atomic mass is 16.5. The zero-order valence-corrected chi connectivity index (χ0v) is 8.08. The van der Waals surface area contributed by atoms with E-state index in [2.05, 4.69) is 10.1 Å². The van der Waals surface area contributed by atoms with E-state index in [0.29, 0.717) is 18.4 Å². The summed E-state index contributed by atoms with van der Waals surface area (Å²) in [4.78, 5) is 10.8. The van der Waals surface area contributed by atoms with Crippen LogP contribution in [0.1, 0.15) is 19.3 Å². The Labute approximate surface area is 78.8 Å². The van der Waals surface area contributed by atoms with Gasteiger partial charge in [0.2, 0.25) is 0 Å². The van der Waals surface area contributed by atoms with E-state index in [0.717, 1.165) is 6.54 Å². The molecule has 0 spiro atoms. The van der Waals surface area contributed by atoms with Gasteiger partial charge in [0.05, 0.1) is 7.11 Å². The molecule has 2 atom stereocenters. The van der Waals surface area contributed by atoms with Gasteiger partial charge in [-0.05, 0) is 31.2 Å². The zero-order valence-electron chi connectivity index (χ0n) is 8.08. The van der Waals surface area contributed by atoms with Gasteiger partial charge in [0.25, 0.3) is 0 Å². The van der Waals surface area contributed by atoms with Crippen molar-refractivity contribution in [1.29, 1.82) is 0 Å². The molecule has 13 heavy (non-hydrogen) atoms. The monoisotopic (exact) mass is 186 g/mol. The molecule has 0 bridgehead atoms. The number of nitrogens with two attached hydrogens (primary N) is 1. The second kappa shape index (κ2) is 5.07. The molecule has 3 N–H and O–H groups in total. The van der Waals surface area contributed by atoms with E-state index >= 15 is 0 Å². The molecule has 0 heterocycles. The third-order valence-corrected chi connectivity index (χ3v) is 2.81. The number of nitrogens with one attached hydrogen (secondary N) is 1. The number of carbonyl (C=O) groups is 1. The van der Waals surface area contributed by atoms with Gasteiger partial charge in [-0.3, -0.25) is 0 Å². The predicted octanol–water partition coefficient (Wildman–Crippen LogP) is 0.717. The summed E-state index contributed by atoms with van der Waals surface area (Å²) in [7, 11) is 1.38. The quantitative estimate of drug-likeness (QED) is 0.682. The highest BCUT2D eigenvalue weighted by molar-refractivity contribution is 5.66. The van der Waals surface area contributed by atoms with Gasteiger partial charge in [-0.1, -0.05) is 6.42 Å². The average Bonchev–Trinajstić information content (AvgIpc) is 2.61. The molecular weight excluding hydrogens is 168 g/mol. The number of carbonyl (C=O) groups excluding carboxylic acids is 1. The fourth-order valence-electron chi connectivity index (χ4n) is 1.98. The van der Waals surface area contributed by atoms with Crippen LogP contribution in [-0.4, -0.2) is 26.3 Å². The van der Waals surface area contributed by atoms with Crippen molar-refractivity contribution >= 4 is 6.09 Å². The predicted molar refractivity (Wildman–Crippen MR) is 50.3 cm³/mol. The van der Waals surface area contributed by atoms with E-state index in [4.69, 9.17) is 5.73 Å². The SMILES string of the molecule is COC(=O)NCC1CCCC1CN. The van der Waals surface area contributed by atoms with Crippen molar-refractivity contribution in [2.75, 3.05) is 20.2 Å². The maximum absolute atomic E-state index is 10.8. The van der Waals surface area contributed by atoms with E-state index in [1.54, 1.807) is 0 Å². The molecule has 1 aliphatic rings. The van der Waals surface area contributed by atoms with Gasteiger partial charge < -0.3 is 15.8 Å². The first-order valence-electron chi connectivity index (χ1n) is 4.79. The lowest BCUT2D eigenvalue weighted by Crippen LogP contribution is -2.32. The van der Waals surface area contributed by atoms with Crippen molar-refractivity contribution in [3.05, 3.63) is 0 Å². The Hall–Kier alpha value is -0.770. The Morgan fingerprint density at radius 1 is 1.54 bits per heavy atom. The lowest BCUT2D eigenvalue weighted by atomic mass is 9.96. The Kier molecular flexibility index (Phi) is 4.02. The minimum atomic E-state index is -0.345. The minimum absolute atomic E-state index is 0.345. The van der Waals surface area contributed by atoms with Crippen LogP contribution < -0.4 is 11.1 Å². The molecule has 1 aliphatic carbocycles. The first-order chi connectivity index (χ1) is 6.27. The molecule has 1 fully saturated rings. The van der Waals surface area contributed by atoms with Gasteiger partial charge in [0.15, 0.2) is 0 Å². The molecule has 0 aliphatic heterocycles. The summed E-state index contributed by atoms with van der Waals surface area (Å²) in [5.41, 5.74) is 5.62. The number of amides is 1. The summed E-state index contributed by atoms with van der Waals surface area (Å²) in [6.07, 6.45) is 3.26. The summed E-state index contributed by atoms with van der Waals surface area (Å²) in [6.45, 7) is 1.43. The Bertz CT molecular complexity index is 173. The van der Waals surface area contributed by atoms with Crippen LogP contribution in [-0.2, 0) is 4.74 Å². The molecule has 1 saturated carbocycles. The molecule has 0 saturated heterocycles. The Morgan fingerprint density at radius 2 is 2.23 bits per heavy atom. The minimum Gasteiger partial charge on any atom is -0.453 e. The van der Waals surface area contributed by atoms with Crippen molar-refractivity contribution in [2.24, 2.45) is 17.6 Å². The Morgan fingerprint density at radius 3 is 2.85 bits per heavy atom. The van der Waals surface area contributed by atoms with Crippen molar-refractivity contribution in [3.8, 4) is 0 Å². The van der Waals surface area contributed by atoms with E-state index in [1.807, 2.05) is 0 Å². The zero-order chi connectivity index (χ0) is 9.68. The maximum atomic E-state index is 10.8. The summed E-state index contributed by atoms with van der Waals surface area (Å²) in [5, 5.41) is 2.72. The summed E-state index contributed by atoms with van der Waals surface area (Å²) in [6, 6.07) is 0. The third-order valence-electron chi connectivity index (χ3n) is 2.81. The third kappa shape index (κ3) is 2.88. The van der Waals surface area contributed by atoms with Crippen LogP contribution in [0.5, 0.6) is 0 Å². The van der Waals surface area contributed by atoms with Crippen LogP contribution in [0.4, 0.5) is 4.79 Å². The number of ether oxygens (including phenoxy) is 1. The Balaban J connectivity index is 2.23. The average molecular weight is 186 g/mol. The highest BCUT2D eigenvalue weighted by Crippen LogP contribution is 2.30. The summed E-state index contributed by atoms with van der Waals surface area (Å²) >= 11 is 0. The van der Waals surface area contributed by atoms with Gasteiger partial charge in [0.1, 0.15) is 0 Å². The maximum Gasteiger partial charge on any atom is 0.406 e. The molecule has 1 rings (SSSR count). The standard InChI is InChI=1S/C9H18N2O2/c1-13-9(12)11-6-8-4-2-3-7(8)5-10/h7-8H,2-6,10H2,1H3,(H,11,12). The van der Waals surface area contributed by atoms with Gasteiger partial charge in [0, 0.05) is 6.54 Å². The second-order valence-corrected chi connectivity index (χ2v) is 3.56. The van der Waals surface area contributed by atoms with Crippen LogP contribution in [0.3, 0.4) is 0 Å². The molecule has 0 aromatic carbocycles. The summed E-state index contributed by atoms with van der Waals surface area (Å²) in [5.74, 6) is 1.13. The molecule has 4 nitrogen and oxygen atoms in total. The molecule has 0 radical (unpaired) electrons. The van der Waals surface area contributed by atoms with E-state index in [-0.39, 0.29) is 6.09 Å². The number of rotatable bonds is 3. The first kappa shape index (κ1) is 10.3. The molecule has 0 aromatic rings. The molecule has 4 heteroatoms. The topological polar surface area (TPSA) is 64.3 Å². The van der Waals surface area contributed by atoms with Crippen molar-refractivity contribution in [3.63, 3.8) is 0 Å². The highest BCUT2D eigenvalue weighted by Gasteiger charge is 2.26. The number of hydrogen-bond acceptors (Lipinski definition) is 3. The van der Waals surface area contributed by atoms with E-state index in [1.165, 1.54) is 26.4 Å². The first-order valence-corrected chi connectivity index (χ1v) is 4.79. The molecular formula is C9H18N2O2. The second-order valence-electron chi connectivity index (χ2n) is 3.56. The normalized spacial score (nSPS) is 27.2. The smallest absolute Gasteiger partial charge is 0.406 e. The van der Waals surface area contributed by atoms with Crippen LogP contribution in [0.15, 0.2) is 0 Å². The summed E-state index contributed by atoms with van der Waals surface area (Å²) < 4.78 is 4.50. The molecule has 2 unspecified atom stereocenters. The number of methoxy groups -OCH3 is 1. The van der Waals surface area contributed by atoms with Gasteiger partial charge in [-0.2, -0.15) is 0 Å². The van der Waals surface area contributed by atoms with Crippen LogP contribution in [0, 0.1) is 11.8 Å². The molecule has 1 amide bonds. The lowest BCUT2D eigenvalue weighted by molar-refractivity contribution is 0.168. The van der Waals surface area contributed by atoms with E-state index < -0.39 is 0 Å². The van der Waals surface area contributed by atoms with Crippen LogP contribution in [0.25, 0.3) is 0 Å². The fourth-order valence-corrected chi connectivity index (χ4v) is 1.98. The van der Waals surface area contributed by atoms with Gasteiger partial charge in [-0.15, -0.1) is 0 Å². The molecule has 76 valence electrons. The van der Waals surface area contributed by atoms with E-state index in [9.17, 15) is 4.79 Å². The largest absolute Gasteiger partial charge is 0.453 e. The lowest BCUT2D eigenvalue weighted by Gasteiger charge is -2.17.